The van der Waals surface area contributed by atoms with E-state index in [9.17, 15) is 18.0 Å². The van der Waals surface area contributed by atoms with Gasteiger partial charge in [0.15, 0.2) is 0 Å². The Morgan fingerprint density at radius 1 is 1.42 bits per heavy atom. The minimum atomic E-state index is -4.52. The summed E-state index contributed by atoms with van der Waals surface area (Å²) in [6.45, 7) is -0.532. The Kier molecular flexibility index (Phi) is 3.71. The molecule has 0 unspecified atom stereocenters. The summed E-state index contributed by atoms with van der Waals surface area (Å²) in [5, 5.41) is 8.91. The lowest BCUT2D eigenvalue weighted by molar-refractivity contribution is -0.187. The molecule has 0 amide bonds. The standard InChI is InChI=1S/C11H10BrF3N2O2/c12-6-1-7(3-16-2-6)17-4-8(10(18)19)9(5-17)11(13,14)15/h1-3,8-9H,4-5H2,(H,18,19)/t8-,9-/m1/s1. The van der Waals surface area contributed by atoms with Crippen molar-refractivity contribution in [2.75, 3.05) is 18.0 Å². The van der Waals surface area contributed by atoms with Gasteiger partial charge in [-0.25, -0.2) is 0 Å². The number of aromatic nitrogens is 1. The van der Waals surface area contributed by atoms with Crippen molar-refractivity contribution in [3.63, 3.8) is 0 Å². The molecule has 1 aromatic heterocycles. The number of halogens is 4. The molecule has 0 radical (unpaired) electrons. The van der Waals surface area contributed by atoms with E-state index in [1.165, 1.54) is 17.3 Å². The number of carboxylic acids is 1. The number of alkyl halides is 3. The van der Waals surface area contributed by atoms with Gasteiger partial charge in [0.2, 0.25) is 0 Å². The number of hydrogen-bond donors (Lipinski definition) is 1. The first kappa shape index (κ1) is 14.1. The molecular formula is C11H10BrF3N2O2. The van der Waals surface area contributed by atoms with Crippen LogP contribution in [0.4, 0.5) is 18.9 Å². The number of carboxylic acid groups (broad SMARTS) is 1. The van der Waals surface area contributed by atoms with Crippen LogP contribution in [0.25, 0.3) is 0 Å². The van der Waals surface area contributed by atoms with Crippen LogP contribution >= 0.6 is 15.9 Å². The molecule has 1 aromatic rings. The van der Waals surface area contributed by atoms with Crippen molar-refractivity contribution < 1.29 is 23.1 Å². The maximum atomic E-state index is 12.8. The maximum Gasteiger partial charge on any atom is 0.394 e. The molecule has 1 fully saturated rings. The van der Waals surface area contributed by atoms with Crippen LogP contribution < -0.4 is 4.90 Å². The van der Waals surface area contributed by atoms with Gasteiger partial charge in [-0.1, -0.05) is 0 Å². The van der Waals surface area contributed by atoms with Crippen molar-refractivity contribution in [3.05, 3.63) is 22.9 Å². The van der Waals surface area contributed by atoms with E-state index in [1.54, 1.807) is 6.07 Å². The van der Waals surface area contributed by atoms with Crippen LogP contribution in [-0.2, 0) is 4.79 Å². The quantitative estimate of drug-likeness (QED) is 0.900. The Morgan fingerprint density at radius 2 is 2.11 bits per heavy atom. The van der Waals surface area contributed by atoms with E-state index < -0.39 is 24.0 Å². The third kappa shape index (κ3) is 2.99. The third-order valence-corrected chi connectivity index (χ3v) is 3.55. The fourth-order valence-electron chi connectivity index (χ4n) is 2.17. The van der Waals surface area contributed by atoms with Gasteiger partial charge in [0.25, 0.3) is 0 Å². The Morgan fingerprint density at radius 3 is 2.58 bits per heavy atom. The van der Waals surface area contributed by atoms with Crippen molar-refractivity contribution >= 4 is 27.6 Å². The first-order valence-electron chi connectivity index (χ1n) is 5.44. The maximum absolute atomic E-state index is 12.8. The normalized spacial score (nSPS) is 23.7. The largest absolute Gasteiger partial charge is 0.481 e. The van der Waals surface area contributed by atoms with Crippen molar-refractivity contribution in [2.24, 2.45) is 11.8 Å². The Labute approximate surface area is 115 Å². The minimum absolute atomic E-state index is 0.169. The summed E-state index contributed by atoms with van der Waals surface area (Å²) in [4.78, 5) is 16.2. The average Bonchev–Trinajstić information content (AvgIpc) is 2.73. The minimum Gasteiger partial charge on any atom is -0.481 e. The summed E-state index contributed by atoms with van der Waals surface area (Å²) in [5.74, 6) is -4.73. The average molecular weight is 339 g/mol. The molecular weight excluding hydrogens is 329 g/mol. The highest BCUT2D eigenvalue weighted by Gasteiger charge is 2.52. The Hall–Kier alpha value is -1.31. The van der Waals surface area contributed by atoms with Crippen molar-refractivity contribution in [2.45, 2.75) is 6.18 Å². The zero-order valence-corrected chi connectivity index (χ0v) is 11.1. The van der Waals surface area contributed by atoms with Crippen molar-refractivity contribution in [1.82, 2.24) is 4.98 Å². The molecule has 2 heterocycles. The number of anilines is 1. The van der Waals surface area contributed by atoms with Gasteiger partial charge in [-0.3, -0.25) is 9.78 Å². The Bertz CT molecular complexity index is 495. The number of carbonyl (C=O) groups is 1. The summed E-state index contributed by atoms with van der Waals surface area (Å²) in [6, 6.07) is 1.62. The number of nitrogens with zero attached hydrogens (tertiary/aromatic N) is 2. The number of rotatable bonds is 2. The fourth-order valence-corrected chi connectivity index (χ4v) is 2.52. The lowest BCUT2D eigenvalue weighted by Gasteiger charge is -2.19. The van der Waals surface area contributed by atoms with Crippen LogP contribution in [0.15, 0.2) is 22.9 Å². The first-order valence-corrected chi connectivity index (χ1v) is 6.23. The zero-order chi connectivity index (χ0) is 14.2. The van der Waals surface area contributed by atoms with Crippen molar-refractivity contribution in [1.29, 1.82) is 0 Å². The second-order valence-electron chi connectivity index (χ2n) is 4.36. The molecule has 0 aromatic carbocycles. The van der Waals surface area contributed by atoms with E-state index in [1.807, 2.05) is 0 Å². The summed E-state index contributed by atoms with van der Waals surface area (Å²) in [6.07, 6.45) is -1.59. The summed E-state index contributed by atoms with van der Waals surface area (Å²) in [5.41, 5.74) is 0.479. The third-order valence-electron chi connectivity index (χ3n) is 3.11. The molecule has 1 saturated heterocycles. The van der Waals surface area contributed by atoms with Gasteiger partial charge in [0, 0.05) is 23.8 Å². The molecule has 0 bridgehead atoms. The molecule has 0 saturated carbocycles. The second kappa shape index (κ2) is 4.99. The van der Waals surface area contributed by atoms with Crippen LogP contribution in [0, 0.1) is 11.8 Å². The van der Waals surface area contributed by atoms with Crippen LogP contribution in [0.5, 0.6) is 0 Å². The molecule has 0 aliphatic carbocycles. The van der Waals surface area contributed by atoms with E-state index in [4.69, 9.17) is 5.11 Å². The van der Waals surface area contributed by atoms with Gasteiger partial charge in [0.1, 0.15) is 0 Å². The number of pyridine rings is 1. The zero-order valence-electron chi connectivity index (χ0n) is 9.56. The van der Waals surface area contributed by atoms with Crippen LogP contribution in [0.3, 0.4) is 0 Å². The van der Waals surface area contributed by atoms with E-state index in [2.05, 4.69) is 20.9 Å². The number of aliphatic carboxylic acids is 1. The molecule has 19 heavy (non-hydrogen) atoms. The second-order valence-corrected chi connectivity index (χ2v) is 5.27. The van der Waals surface area contributed by atoms with E-state index in [0.29, 0.717) is 10.2 Å². The van der Waals surface area contributed by atoms with Gasteiger partial charge < -0.3 is 10.0 Å². The highest BCUT2D eigenvalue weighted by molar-refractivity contribution is 9.10. The van der Waals surface area contributed by atoms with Crippen LogP contribution in [-0.4, -0.2) is 35.3 Å². The van der Waals surface area contributed by atoms with Gasteiger partial charge in [-0.05, 0) is 22.0 Å². The lowest BCUT2D eigenvalue weighted by Crippen LogP contribution is -2.33. The summed E-state index contributed by atoms with van der Waals surface area (Å²) >= 11 is 3.18. The first-order chi connectivity index (χ1) is 8.79. The molecule has 104 valence electrons. The van der Waals surface area contributed by atoms with Gasteiger partial charge in [-0.15, -0.1) is 0 Å². The van der Waals surface area contributed by atoms with Gasteiger partial charge in [-0.2, -0.15) is 13.2 Å². The molecule has 1 aliphatic rings. The summed E-state index contributed by atoms with van der Waals surface area (Å²) in [7, 11) is 0. The monoisotopic (exact) mass is 338 g/mol. The fraction of sp³-hybridized carbons (Fsp3) is 0.455. The highest BCUT2D eigenvalue weighted by atomic mass is 79.9. The van der Waals surface area contributed by atoms with E-state index >= 15 is 0 Å². The highest BCUT2D eigenvalue weighted by Crippen LogP contribution is 2.39. The molecule has 4 nitrogen and oxygen atoms in total. The lowest BCUT2D eigenvalue weighted by atomic mass is 9.96. The van der Waals surface area contributed by atoms with Crippen molar-refractivity contribution in [3.8, 4) is 0 Å². The summed E-state index contributed by atoms with van der Waals surface area (Å²) < 4.78 is 39.1. The topological polar surface area (TPSA) is 53.4 Å². The number of hydrogen-bond acceptors (Lipinski definition) is 3. The van der Waals surface area contributed by atoms with Crippen LogP contribution in [0.2, 0.25) is 0 Å². The Balaban J connectivity index is 2.25. The molecule has 8 heteroatoms. The smallest absolute Gasteiger partial charge is 0.394 e. The molecule has 2 atom stereocenters. The van der Waals surface area contributed by atoms with Crippen LogP contribution in [0.1, 0.15) is 0 Å². The van der Waals surface area contributed by atoms with Gasteiger partial charge >= 0.3 is 12.1 Å². The predicted molar refractivity (Wildman–Crippen MR) is 64.8 cm³/mol. The molecule has 0 spiro atoms. The van der Waals surface area contributed by atoms with Gasteiger partial charge in [0.05, 0.1) is 23.7 Å². The molecule has 2 rings (SSSR count). The SMILES string of the molecule is O=C(O)[C@@H]1CN(c2cncc(Br)c2)C[C@H]1C(F)(F)F. The van der Waals surface area contributed by atoms with E-state index in [-0.39, 0.29) is 13.1 Å². The van der Waals surface area contributed by atoms with E-state index in [0.717, 1.165) is 0 Å². The molecule has 1 N–H and O–H groups in total. The predicted octanol–water partition coefficient (Wildman–Crippen LogP) is 2.54. The molecule has 1 aliphatic heterocycles.